The molecule has 0 saturated carbocycles. The van der Waals surface area contributed by atoms with Crippen molar-refractivity contribution in [3.05, 3.63) is 22.7 Å². The lowest BCUT2D eigenvalue weighted by Crippen LogP contribution is -2.53. The minimum Gasteiger partial charge on any atom is -0.493 e. The average molecular weight is 486 g/mol. The van der Waals surface area contributed by atoms with E-state index in [1.807, 2.05) is 13.8 Å². The predicted octanol–water partition coefficient (Wildman–Crippen LogP) is 3.47. The van der Waals surface area contributed by atoms with Crippen molar-refractivity contribution in [1.29, 1.82) is 0 Å². The molecule has 1 fully saturated rings. The van der Waals surface area contributed by atoms with Crippen LogP contribution in [0.1, 0.15) is 43.5 Å². The van der Waals surface area contributed by atoms with Crippen molar-refractivity contribution in [2.75, 3.05) is 40.5 Å². The maximum absolute atomic E-state index is 13.5. The number of nitrogens with one attached hydrogen (secondary N) is 1. The van der Waals surface area contributed by atoms with Crippen LogP contribution in [0.3, 0.4) is 0 Å². The van der Waals surface area contributed by atoms with Gasteiger partial charge in [-0.1, -0.05) is 11.6 Å². The molecule has 2 rings (SSSR count). The van der Waals surface area contributed by atoms with Crippen LogP contribution in [0, 0.1) is 0 Å². The van der Waals surface area contributed by atoms with Crippen LogP contribution in [-0.4, -0.2) is 85.5 Å². The number of ether oxygens (including phenoxy) is 3. The second-order valence-electron chi connectivity index (χ2n) is 7.93. The molecule has 3 amide bonds. The Labute approximate surface area is 198 Å². The molecule has 1 aromatic rings. The second-order valence-corrected chi connectivity index (χ2v) is 8.34. The predicted molar refractivity (Wildman–Crippen MR) is 122 cm³/mol. The molecule has 1 saturated heterocycles. The van der Waals surface area contributed by atoms with Crippen LogP contribution in [0.2, 0.25) is 5.02 Å². The molecule has 10 nitrogen and oxygen atoms in total. The molecule has 33 heavy (non-hydrogen) atoms. The van der Waals surface area contributed by atoms with Crippen LogP contribution >= 0.6 is 11.6 Å². The lowest BCUT2D eigenvalue weighted by Gasteiger charge is -2.40. The van der Waals surface area contributed by atoms with Gasteiger partial charge >= 0.3 is 12.2 Å². The average Bonchev–Trinajstić information content (AvgIpc) is 2.79. The van der Waals surface area contributed by atoms with Crippen molar-refractivity contribution in [1.82, 2.24) is 15.1 Å². The maximum atomic E-state index is 13.5. The van der Waals surface area contributed by atoms with Gasteiger partial charge in [-0.3, -0.25) is 4.79 Å². The number of piperidine rings is 1. The van der Waals surface area contributed by atoms with Crippen LogP contribution in [-0.2, 0) is 4.74 Å². The Morgan fingerprint density at radius 3 is 2.61 bits per heavy atom. The lowest BCUT2D eigenvalue weighted by atomic mass is 10.0. The molecule has 0 aromatic heterocycles. The van der Waals surface area contributed by atoms with Crippen molar-refractivity contribution in [2.24, 2.45) is 0 Å². The Balaban J connectivity index is 2.20. The summed E-state index contributed by atoms with van der Waals surface area (Å²) >= 11 is 6.43. The van der Waals surface area contributed by atoms with E-state index in [0.29, 0.717) is 43.9 Å². The zero-order valence-corrected chi connectivity index (χ0v) is 20.2. The SMILES string of the molecule is COC(=O)NCCCOc1cc(C(=O)N(C(C)C)[C@@H]2CCCN(C(=O)O)C2)c(Cl)cc1OC. The van der Waals surface area contributed by atoms with E-state index in [1.54, 1.807) is 11.0 Å². The molecule has 1 aliphatic heterocycles. The highest BCUT2D eigenvalue weighted by atomic mass is 35.5. The van der Waals surface area contributed by atoms with Gasteiger partial charge in [0.2, 0.25) is 0 Å². The first-order valence-corrected chi connectivity index (χ1v) is 11.2. The van der Waals surface area contributed by atoms with Gasteiger partial charge < -0.3 is 34.4 Å². The monoisotopic (exact) mass is 485 g/mol. The van der Waals surface area contributed by atoms with Gasteiger partial charge in [-0.2, -0.15) is 0 Å². The van der Waals surface area contributed by atoms with Crippen LogP contribution in [0.4, 0.5) is 9.59 Å². The minimum atomic E-state index is -0.990. The fourth-order valence-electron chi connectivity index (χ4n) is 3.80. The summed E-state index contributed by atoms with van der Waals surface area (Å²) in [6.07, 6.45) is 0.381. The zero-order valence-electron chi connectivity index (χ0n) is 19.4. The Bertz CT molecular complexity index is 850. The molecule has 0 spiro atoms. The number of nitrogens with zero attached hydrogens (tertiary/aromatic N) is 2. The number of hydrogen-bond acceptors (Lipinski definition) is 6. The van der Waals surface area contributed by atoms with Crippen LogP contribution in [0.15, 0.2) is 12.1 Å². The molecular weight excluding hydrogens is 454 g/mol. The van der Waals surface area contributed by atoms with E-state index < -0.39 is 12.2 Å². The van der Waals surface area contributed by atoms with Gasteiger partial charge in [0, 0.05) is 31.7 Å². The highest BCUT2D eigenvalue weighted by Crippen LogP contribution is 2.35. The summed E-state index contributed by atoms with van der Waals surface area (Å²) in [6.45, 7) is 5.11. The summed E-state index contributed by atoms with van der Waals surface area (Å²) in [5.74, 6) is 0.429. The number of carboxylic acid groups (broad SMARTS) is 1. The zero-order chi connectivity index (χ0) is 24.5. The molecular formula is C22H32ClN3O7. The lowest BCUT2D eigenvalue weighted by molar-refractivity contribution is 0.0449. The topological polar surface area (TPSA) is 118 Å². The van der Waals surface area contributed by atoms with Gasteiger partial charge in [0.05, 0.1) is 37.5 Å². The Morgan fingerprint density at radius 2 is 2.00 bits per heavy atom. The summed E-state index contributed by atoms with van der Waals surface area (Å²) < 4.78 is 15.6. The van der Waals surface area contributed by atoms with Gasteiger partial charge in [0.1, 0.15) is 0 Å². The van der Waals surface area contributed by atoms with E-state index in [4.69, 9.17) is 21.1 Å². The van der Waals surface area contributed by atoms with Crippen LogP contribution in [0.25, 0.3) is 0 Å². The summed E-state index contributed by atoms with van der Waals surface area (Å²) in [6, 6.07) is 2.65. The first-order valence-electron chi connectivity index (χ1n) is 10.8. The van der Waals surface area contributed by atoms with E-state index in [1.165, 1.54) is 25.2 Å². The molecule has 2 N–H and O–H groups in total. The van der Waals surface area contributed by atoms with Crippen LogP contribution < -0.4 is 14.8 Å². The first-order chi connectivity index (χ1) is 15.7. The van der Waals surface area contributed by atoms with E-state index >= 15 is 0 Å². The van der Waals surface area contributed by atoms with E-state index in [9.17, 15) is 19.5 Å². The maximum Gasteiger partial charge on any atom is 0.407 e. The minimum absolute atomic E-state index is 0.164. The number of amides is 3. The normalized spacial score (nSPS) is 15.7. The molecule has 0 bridgehead atoms. The van der Waals surface area contributed by atoms with Gasteiger partial charge in [0.25, 0.3) is 5.91 Å². The number of carbonyl (C=O) groups is 3. The van der Waals surface area contributed by atoms with Crippen molar-refractivity contribution >= 4 is 29.7 Å². The quantitative estimate of drug-likeness (QED) is 0.514. The van der Waals surface area contributed by atoms with Crippen molar-refractivity contribution in [3.8, 4) is 11.5 Å². The number of benzene rings is 1. The smallest absolute Gasteiger partial charge is 0.407 e. The van der Waals surface area contributed by atoms with Crippen LogP contribution in [0.5, 0.6) is 11.5 Å². The van der Waals surface area contributed by atoms with Crippen molar-refractivity contribution in [3.63, 3.8) is 0 Å². The third kappa shape index (κ3) is 7.05. The number of likely N-dealkylation sites (tertiary alicyclic amines) is 1. The van der Waals surface area contributed by atoms with Gasteiger partial charge in [-0.15, -0.1) is 0 Å². The van der Waals surface area contributed by atoms with E-state index in [0.717, 1.165) is 0 Å². The molecule has 0 aliphatic carbocycles. The van der Waals surface area contributed by atoms with Gasteiger partial charge in [0.15, 0.2) is 11.5 Å². The number of carbonyl (C=O) groups excluding carboxylic acids is 2. The molecule has 0 unspecified atom stereocenters. The summed E-state index contributed by atoms with van der Waals surface area (Å²) in [7, 11) is 2.76. The van der Waals surface area contributed by atoms with E-state index in [-0.39, 0.29) is 41.7 Å². The van der Waals surface area contributed by atoms with Crippen molar-refractivity contribution < 1.29 is 33.7 Å². The number of alkyl carbamates (subject to hydrolysis) is 1. The highest BCUT2D eigenvalue weighted by Gasteiger charge is 2.33. The molecule has 11 heteroatoms. The molecule has 184 valence electrons. The molecule has 1 atom stereocenters. The Hall–Kier alpha value is -2.88. The summed E-state index contributed by atoms with van der Waals surface area (Å²) in [5.41, 5.74) is 0.251. The third-order valence-corrected chi connectivity index (χ3v) is 5.68. The molecule has 1 heterocycles. The number of rotatable bonds is 9. The Kier molecular flexibility index (Phi) is 9.90. The highest BCUT2D eigenvalue weighted by molar-refractivity contribution is 6.34. The summed E-state index contributed by atoms with van der Waals surface area (Å²) in [5, 5.41) is 12.2. The molecule has 0 radical (unpaired) electrons. The second kappa shape index (κ2) is 12.4. The van der Waals surface area contributed by atoms with Crippen molar-refractivity contribution in [2.45, 2.75) is 45.2 Å². The van der Waals surface area contributed by atoms with Gasteiger partial charge in [-0.05, 0) is 39.2 Å². The Morgan fingerprint density at radius 1 is 1.27 bits per heavy atom. The molecule has 1 aliphatic rings. The van der Waals surface area contributed by atoms with E-state index in [2.05, 4.69) is 10.1 Å². The number of halogens is 1. The molecule has 1 aromatic carbocycles. The third-order valence-electron chi connectivity index (χ3n) is 5.37. The first kappa shape index (κ1) is 26.4. The fraction of sp³-hybridized carbons (Fsp3) is 0.591. The number of hydrogen-bond donors (Lipinski definition) is 2. The standard InChI is InChI=1S/C22H32ClN3O7/c1-14(2)26(15-7-5-9-25(13-15)22(29)30)20(27)16-11-19(18(31-3)12-17(16)23)33-10-6-8-24-21(28)32-4/h11-12,14-15H,5-10,13H2,1-4H3,(H,24,28)(H,29,30)/t15-/m1/s1. The largest absolute Gasteiger partial charge is 0.493 e. The van der Waals surface area contributed by atoms with Gasteiger partial charge in [-0.25, -0.2) is 9.59 Å². The fourth-order valence-corrected chi connectivity index (χ4v) is 4.04. The number of methoxy groups -OCH3 is 2. The summed E-state index contributed by atoms with van der Waals surface area (Å²) in [4.78, 5) is 39.1.